The van der Waals surface area contributed by atoms with Crippen molar-refractivity contribution in [2.75, 3.05) is 5.32 Å². The van der Waals surface area contributed by atoms with E-state index in [1.165, 1.54) is 32.1 Å². The molecule has 1 saturated carbocycles. The molecule has 6 heteroatoms. The number of nitrogens with two attached hydrogens (primary N) is 1. The minimum absolute atomic E-state index is 0.333. The number of rotatable bonds is 3. The molecular formula is C21H28ClN5. The zero-order chi connectivity index (χ0) is 19.2. The molecule has 0 aliphatic heterocycles. The van der Waals surface area contributed by atoms with Gasteiger partial charge >= 0.3 is 0 Å². The van der Waals surface area contributed by atoms with Crippen molar-refractivity contribution in [1.29, 1.82) is 0 Å². The highest BCUT2D eigenvalue weighted by Crippen LogP contribution is 2.25. The van der Waals surface area contributed by atoms with Crippen molar-refractivity contribution in [3.63, 3.8) is 0 Å². The summed E-state index contributed by atoms with van der Waals surface area (Å²) in [6, 6.07) is 12.7. The maximum Gasteiger partial charge on any atom is 0.154 e. The summed E-state index contributed by atoms with van der Waals surface area (Å²) in [6.07, 6.45) is 8.26. The van der Waals surface area contributed by atoms with Crippen LogP contribution in [0.1, 0.15) is 46.0 Å². The van der Waals surface area contributed by atoms with Gasteiger partial charge < -0.3 is 11.1 Å². The maximum atomic E-state index is 6.11. The molecule has 2 heterocycles. The van der Waals surface area contributed by atoms with E-state index in [9.17, 15) is 0 Å². The van der Waals surface area contributed by atoms with Gasteiger partial charge in [0.2, 0.25) is 0 Å². The van der Waals surface area contributed by atoms with E-state index >= 15 is 0 Å². The summed E-state index contributed by atoms with van der Waals surface area (Å²) >= 11 is 6.11. The van der Waals surface area contributed by atoms with Gasteiger partial charge in [-0.05, 0) is 43.1 Å². The Morgan fingerprint density at radius 1 is 1.15 bits per heavy atom. The Labute approximate surface area is 165 Å². The fourth-order valence-electron chi connectivity index (χ4n) is 3.25. The van der Waals surface area contributed by atoms with Crippen LogP contribution in [-0.4, -0.2) is 26.7 Å². The molecule has 0 atom stereocenters. The van der Waals surface area contributed by atoms with Crippen molar-refractivity contribution in [3.05, 3.63) is 47.6 Å². The molecule has 0 radical (unpaired) electrons. The fraction of sp³-hybridized carbons (Fsp3) is 0.429. The third-order valence-electron chi connectivity index (χ3n) is 4.44. The highest BCUT2D eigenvalue weighted by molar-refractivity contribution is 6.30. The van der Waals surface area contributed by atoms with Crippen molar-refractivity contribution in [3.8, 4) is 11.3 Å². The normalized spacial score (nSPS) is 14.9. The van der Waals surface area contributed by atoms with Gasteiger partial charge in [0, 0.05) is 16.6 Å². The average molecular weight is 386 g/mol. The Kier molecular flexibility index (Phi) is 6.69. The maximum absolute atomic E-state index is 6.11. The van der Waals surface area contributed by atoms with Crippen molar-refractivity contribution < 1.29 is 0 Å². The smallest absolute Gasteiger partial charge is 0.154 e. The predicted molar refractivity (Wildman–Crippen MR) is 113 cm³/mol. The van der Waals surface area contributed by atoms with Gasteiger partial charge in [-0.15, -0.1) is 5.10 Å². The van der Waals surface area contributed by atoms with Crippen molar-refractivity contribution in [1.82, 2.24) is 14.6 Å². The van der Waals surface area contributed by atoms with Gasteiger partial charge in [0.05, 0.1) is 11.9 Å². The summed E-state index contributed by atoms with van der Waals surface area (Å²) in [5, 5.41) is 9.02. The summed E-state index contributed by atoms with van der Waals surface area (Å²) in [7, 11) is 0. The Morgan fingerprint density at radius 3 is 2.59 bits per heavy atom. The van der Waals surface area contributed by atoms with Gasteiger partial charge in [0.15, 0.2) is 5.65 Å². The van der Waals surface area contributed by atoms with E-state index in [2.05, 4.69) is 10.3 Å². The Bertz CT molecular complexity index is 865. The summed E-state index contributed by atoms with van der Waals surface area (Å²) in [4.78, 5) is 4.44. The molecule has 5 nitrogen and oxygen atoms in total. The van der Waals surface area contributed by atoms with Crippen LogP contribution in [0.2, 0.25) is 5.02 Å². The van der Waals surface area contributed by atoms with Crippen molar-refractivity contribution in [2.45, 2.75) is 58.0 Å². The zero-order valence-electron chi connectivity index (χ0n) is 16.0. The minimum Gasteiger partial charge on any atom is -0.366 e. The van der Waals surface area contributed by atoms with Gasteiger partial charge in [-0.3, -0.25) is 0 Å². The van der Waals surface area contributed by atoms with Crippen LogP contribution in [0.25, 0.3) is 16.9 Å². The molecule has 4 rings (SSSR count). The minimum atomic E-state index is 0.333. The van der Waals surface area contributed by atoms with E-state index in [4.69, 9.17) is 22.4 Å². The summed E-state index contributed by atoms with van der Waals surface area (Å²) in [6.45, 7) is 3.89. The van der Waals surface area contributed by atoms with Crippen LogP contribution >= 0.6 is 11.6 Å². The number of fused-ring (bicyclic) bond motifs is 1. The average Bonchev–Trinajstić information content (AvgIpc) is 3.05. The van der Waals surface area contributed by atoms with Crippen LogP contribution < -0.4 is 11.1 Å². The Balaban J connectivity index is 0.000000481. The highest BCUT2D eigenvalue weighted by atomic mass is 35.5. The molecule has 3 N–H and O–H groups in total. The molecule has 2 aromatic heterocycles. The first-order valence-corrected chi connectivity index (χ1v) is 10.0. The molecule has 0 amide bonds. The van der Waals surface area contributed by atoms with Crippen LogP contribution in [0.15, 0.2) is 42.6 Å². The Morgan fingerprint density at radius 2 is 1.89 bits per heavy atom. The second kappa shape index (κ2) is 9.20. The number of hydrogen-bond donors (Lipinski definition) is 2. The van der Waals surface area contributed by atoms with Crippen molar-refractivity contribution in [2.24, 2.45) is 5.73 Å². The number of nitrogens with one attached hydrogen (secondary N) is 1. The lowest BCUT2D eigenvalue weighted by molar-refractivity contribution is 0.461. The molecule has 1 fully saturated rings. The van der Waals surface area contributed by atoms with Crippen LogP contribution in [0.4, 0.5) is 5.82 Å². The van der Waals surface area contributed by atoms with Gasteiger partial charge in [-0.2, -0.15) is 0 Å². The molecule has 1 aromatic carbocycles. The third-order valence-corrected chi connectivity index (χ3v) is 4.67. The molecule has 1 aliphatic rings. The van der Waals surface area contributed by atoms with Gasteiger partial charge in [0.25, 0.3) is 0 Å². The number of aromatic nitrogens is 3. The second-order valence-electron chi connectivity index (χ2n) is 7.37. The topological polar surface area (TPSA) is 68.2 Å². The van der Waals surface area contributed by atoms with Crippen LogP contribution in [0, 0.1) is 0 Å². The summed E-state index contributed by atoms with van der Waals surface area (Å²) in [5.74, 6) is 0.908. The summed E-state index contributed by atoms with van der Waals surface area (Å²) in [5.41, 5.74) is 7.93. The molecule has 144 valence electrons. The lowest BCUT2D eigenvalue weighted by atomic mass is 9.95. The number of nitrogens with zero attached hydrogens (tertiary/aromatic N) is 3. The highest BCUT2D eigenvalue weighted by Gasteiger charge is 2.14. The van der Waals surface area contributed by atoms with Gasteiger partial charge in [-0.25, -0.2) is 9.50 Å². The lowest BCUT2D eigenvalue weighted by Crippen LogP contribution is -2.23. The number of imidazole rings is 1. The molecule has 0 bridgehead atoms. The number of benzene rings is 1. The van der Waals surface area contributed by atoms with E-state index < -0.39 is 0 Å². The van der Waals surface area contributed by atoms with E-state index in [0.717, 1.165) is 22.7 Å². The lowest BCUT2D eigenvalue weighted by Gasteiger charge is -2.23. The molecule has 0 saturated heterocycles. The quantitative estimate of drug-likeness (QED) is 0.654. The fourth-order valence-corrected chi connectivity index (χ4v) is 3.44. The summed E-state index contributed by atoms with van der Waals surface area (Å²) < 4.78 is 1.89. The molecule has 0 spiro atoms. The molecule has 3 aromatic rings. The molecule has 27 heavy (non-hydrogen) atoms. The van der Waals surface area contributed by atoms with E-state index in [1.807, 2.05) is 61.0 Å². The molecular weight excluding hydrogens is 358 g/mol. The van der Waals surface area contributed by atoms with E-state index in [1.54, 1.807) is 0 Å². The van der Waals surface area contributed by atoms with Crippen LogP contribution in [0.3, 0.4) is 0 Å². The van der Waals surface area contributed by atoms with Crippen molar-refractivity contribution >= 4 is 23.1 Å². The van der Waals surface area contributed by atoms with Crippen LogP contribution in [0.5, 0.6) is 0 Å². The van der Waals surface area contributed by atoms with E-state index in [0.29, 0.717) is 17.1 Å². The number of anilines is 1. The monoisotopic (exact) mass is 385 g/mol. The molecule has 0 unspecified atom stereocenters. The number of hydrogen-bond acceptors (Lipinski definition) is 4. The first-order chi connectivity index (χ1) is 13.0. The zero-order valence-corrected chi connectivity index (χ0v) is 16.8. The second-order valence-corrected chi connectivity index (χ2v) is 7.80. The van der Waals surface area contributed by atoms with Gasteiger partial charge in [0.1, 0.15) is 5.82 Å². The SMILES string of the molecule is CC(C)N.Clc1cccc(-c2cnc3ccc(NC4CCCCC4)nn23)c1. The third kappa shape index (κ3) is 5.44. The predicted octanol–water partition coefficient (Wildman–Crippen LogP) is 5.15. The first-order valence-electron chi connectivity index (χ1n) is 9.66. The first kappa shape index (κ1) is 19.6. The van der Waals surface area contributed by atoms with Gasteiger partial charge in [-0.1, -0.05) is 56.8 Å². The molecule has 1 aliphatic carbocycles. The van der Waals surface area contributed by atoms with E-state index in [-0.39, 0.29) is 0 Å². The number of halogens is 1. The Hall–Kier alpha value is -2.11. The van der Waals surface area contributed by atoms with Crippen LogP contribution in [-0.2, 0) is 0 Å². The standard InChI is InChI=1S/C18H19ClN4.C3H9N/c19-14-6-4-5-13(11-14)16-12-20-18-10-9-17(22-23(16)18)21-15-7-2-1-3-8-15;1-3(2)4/h4-6,9-12,15H,1-3,7-8H2,(H,21,22);3H,4H2,1-2H3. The largest absolute Gasteiger partial charge is 0.366 e.